The summed E-state index contributed by atoms with van der Waals surface area (Å²) in [7, 11) is 0. The summed E-state index contributed by atoms with van der Waals surface area (Å²) in [5.41, 5.74) is 6.03. The predicted octanol–water partition coefficient (Wildman–Crippen LogP) is 4.29. The highest BCUT2D eigenvalue weighted by Crippen LogP contribution is 2.10. The fourth-order valence-electron chi connectivity index (χ4n) is 0.972. The van der Waals surface area contributed by atoms with Crippen LogP contribution in [0.25, 0.3) is 12.2 Å². The summed E-state index contributed by atoms with van der Waals surface area (Å²) < 4.78 is 0. The molecule has 2 heterocycles. The lowest BCUT2D eigenvalue weighted by atomic mass is 10.4. The van der Waals surface area contributed by atoms with Gasteiger partial charge in [0.05, 0.1) is 0 Å². The Morgan fingerprint density at radius 3 is 1.71 bits per heavy atom. The molecule has 0 spiro atoms. The fraction of sp³-hybridized carbons (Fsp3) is 0. The van der Waals surface area contributed by atoms with Gasteiger partial charge >= 0.3 is 0 Å². The van der Waals surface area contributed by atoms with Crippen molar-refractivity contribution in [2.45, 2.75) is 0 Å². The third-order valence-electron chi connectivity index (χ3n) is 1.60. The summed E-state index contributed by atoms with van der Waals surface area (Å²) in [5.74, 6) is 0. The van der Waals surface area contributed by atoms with Crippen molar-refractivity contribution in [2.24, 2.45) is 0 Å². The van der Waals surface area contributed by atoms with Gasteiger partial charge in [-0.05, 0) is 22.9 Å². The van der Waals surface area contributed by atoms with Gasteiger partial charge in [0.1, 0.15) is 0 Å². The molecule has 0 fully saturated rings. The molecule has 0 aliphatic rings. The van der Waals surface area contributed by atoms with Crippen LogP contribution in [-0.2, 0) is 0 Å². The first-order valence-electron chi connectivity index (χ1n) is 4.20. The summed E-state index contributed by atoms with van der Waals surface area (Å²) in [6, 6.07) is 8.18. The Morgan fingerprint density at radius 1 is 0.857 bits per heavy atom. The molecule has 0 bridgehead atoms. The maximum absolute atomic E-state index is 3.01. The quantitative estimate of drug-likeness (QED) is 0.657. The first kappa shape index (κ1) is 9.26. The summed E-state index contributed by atoms with van der Waals surface area (Å²) in [4.78, 5) is 2.41. The van der Waals surface area contributed by atoms with Gasteiger partial charge in [0.25, 0.3) is 0 Å². The molecule has 0 saturated carbocycles. The Balaban J connectivity index is 2.14. The molecule has 2 aromatic heterocycles. The van der Waals surface area contributed by atoms with Gasteiger partial charge < -0.3 is 0 Å². The van der Waals surface area contributed by atoms with E-state index in [4.69, 9.17) is 0 Å². The zero-order valence-corrected chi connectivity index (χ0v) is 9.07. The van der Waals surface area contributed by atoms with E-state index in [2.05, 4.69) is 34.4 Å². The highest BCUT2D eigenvalue weighted by atomic mass is 32.1. The van der Waals surface area contributed by atoms with E-state index in [1.165, 1.54) is 9.75 Å². The van der Waals surface area contributed by atoms with Crippen LogP contribution in [0.15, 0.2) is 46.5 Å². The van der Waals surface area contributed by atoms with Gasteiger partial charge in [0, 0.05) is 21.9 Å². The van der Waals surface area contributed by atoms with E-state index in [1.807, 2.05) is 24.3 Å². The second kappa shape index (κ2) is 4.80. The van der Waals surface area contributed by atoms with Crippen LogP contribution < -0.4 is 0 Å². The first-order chi connectivity index (χ1) is 6.95. The third kappa shape index (κ3) is 2.59. The zero-order chi connectivity index (χ0) is 9.64. The molecule has 0 amide bonds. The lowest BCUT2D eigenvalue weighted by molar-refractivity contribution is 1.95. The van der Waals surface area contributed by atoms with Crippen LogP contribution in [0, 0.1) is 0 Å². The third-order valence-corrected chi connectivity index (χ3v) is 3.24. The molecule has 0 saturated heterocycles. The topological polar surface area (TPSA) is 0 Å². The Labute approximate surface area is 91.2 Å². The van der Waals surface area contributed by atoms with Crippen molar-refractivity contribution in [1.29, 1.82) is 0 Å². The molecule has 0 N–H and O–H groups in total. The molecule has 0 nitrogen and oxygen atoms in total. The van der Waals surface area contributed by atoms with Gasteiger partial charge in [-0.1, -0.05) is 23.6 Å². The lowest BCUT2D eigenvalue weighted by Crippen LogP contribution is -1.51. The Kier molecular flexibility index (Phi) is 3.18. The molecule has 0 aliphatic carbocycles. The molecule has 0 radical (unpaired) electrons. The van der Waals surface area contributed by atoms with Crippen LogP contribution in [0.2, 0.25) is 0 Å². The fourth-order valence-corrected chi connectivity index (χ4v) is 2.17. The lowest BCUT2D eigenvalue weighted by Gasteiger charge is -1.74. The zero-order valence-electron chi connectivity index (χ0n) is 7.44. The van der Waals surface area contributed by atoms with E-state index in [0.29, 0.717) is 0 Å². The van der Waals surface area contributed by atoms with Crippen molar-refractivity contribution in [1.82, 2.24) is 0 Å². The van der Waals surface area contributed by atoms with Gasteiger partial charge in [0.2, 0.25) is 0 Å². The molecule has 0 atom stereocenters. The largest absolute Gasteiger partial charge is 0.144 e. The molecule has 2 aromatic rings. The standard InChI is InChI=1S/C12H8S2/c1(5-11-7-3-9-13-11)2-6-12-8-4-10-14-12/h3-10H. The average molecular weight is 216 g/mol. The van der Waals surface area contributed by atoms with Crippen LogP contribution in [-0.4, -0.2) is 0 Å². The predicted molar refractivity (Wildman–Crippen MR) is 64.6 cm³/mol. The van der Waals surface area contributed by atoms with Crippen molar-refractivity contribution < 1.29 is 0 Å². The first-order valence-corrected chi connectivity index (χ1v) is 5.95. The molecule has 14 heavy (non-hydrogen) atoms. The van der Waals surface area contributed by atoms with Crippen LogP contribution in [0.1, 0.15) is 9.75 Å². The van der Waals surface area contributed by atoms with Crippen molar-refractivity contribution in [3.8, 4) is 0 Å². The smallest absolute Gasteiger partial charge is 0.0353 e. The number of thiophene rings is 2. The van der Waals surface area contributed by atoms with Crippen LogP contribution in [0.4, 0.5) is 0 Å². The van der Waals surface area contributed by atoms with Crippen molar-refractivity contribution in [3.63, 3.8) is 0 Å². The van der Waals surface area contributed by atoms with Crippen molar-refractivity contribution in [2.75, 3.05) is 0 Å². The maximum Gasteiger partial charge on any atom is 0.0353 e. The Hall–Kier alpha value is -1.30. The van der Waals surface area contributed by atoms with Crippen molar-refractivity contribution in [3.05, 3.63) is 56.2 Å². The van der Waals surface area contributed by atoms with E-state index in [-0.39, 0.29) is 0 Å². The summed E-state index contributed by atoms with van der Waals surface area (Å²) in [6.07, 6.45) is 3.88. The number of rotatable bonds is 2. The van der Waals surface area contributed by atoms with Crippen LogP contribution >= 0.6 is 22.7 Å². The molecule has 0 aliphatic heterocycles. The van der Waals surface area contributed by atoms with Gasteiger partial charge in [-0.25, -0.2) is 0 Å². The number of hydrogen-bond donors (Lipinski definition) is 0. The Morgan fingerprint density at radius 2 is 1.36 bits per heavy atom. The van der Waals surface area contributed by atoms with E-state index in [0.717, 1.165) is 0 Å². The minimum Gasteiger partial charge on any atom is -0.144 e. The summed E-state index contributed by atoms with van der Waals surface area (Å²) in [6.45, 7) is 0. The molecular weight excluding hydrogens is 208 g/mol. The van der Waals surface area contributed by atoms with Crippen molar-refractivity contribution >= 4 is 34.8 Å². The molecule has 0 unspecified atom stereocenters. The van der Waals surface area contributed by atoms with Gasteiger partial charge in [-0.2, -0.15) is 0 Å². The van der Waals surface area contributed by atoms with E-state index in [9.17, 15) is 0 Å². The van der Waals surface area contributed by atoms with Crippen LogP contribution in [0.3, 0.4) is 0 Å². The van der Waals surface area contributed by atoms with Gasteiger partial charge in [-0.15, -0.1) is 22.7 Å². The molecule has 2 rings (SSSR count). The minimum atomic E-state index is 1.21. The molecule has 0 aromatic carbocycles. The highest BCUT2D eigenvalue weighted by molar-refractivity contribution is 7.11. The van der Waals surface area contributed by atoms with E-state index in [1.54, 1.807) is 22.7 Å². The monoisotopic (exact) mass is 216 g/mol. The van der Waals surface area contributed by atoms with Crippen LogP contribution in [0.5, 0.6) is 0 Å². The van der Waals surface area contributed by atoms with E-state index >= 15 is 0 Å². The molecule has 68 valence electrons. The normalized spacial score (nSPS) is 8.86. The maximum atomic E-state index is 3.01. The second-order valence-corrected chi connectivity index (χ2v) is 4.57. The molecule has 2 heteroatoms. The highest BCUT2D eigenvalue weighted by Gasteiger charge is 1.83. The SMILES string of the molecule is C(=C=Cc1cccs1)=Cc1cccs1. The van der Waals surface area contributed by atoms with E-state index < -0.39 is 0 Å². The summed E-state index contributed by atoms with van der Waals surface area (Å²) >= 11 is 3.40. The minimum absolute atomic E-state index is 1.21. The Bertz CT molecular complexity index is 416. The summed E-state index contributed by atoms with van der Waals surface area (Å²) in [5, 5.41) is 4.10. The van der Waals surface area contributed by atoms with Gasteiger partial charge in [-0.3, -0.25) is 0 Å². The van der Waals surface area contributed by atoms with Gasteiger partial charge in [0.15, 0.2) is 0 Å². The second-order valence-electron chi connectivity index (χ2n) is 2.61. The molecular formula is C12H8S2. The average Bonchev–Trinajstić information content (AvgIpc) is 2.86. The number of hydrogen-bond acceptors (Lipinski definition) is 2.